The summed E-state index contributed by atoms with van der Waals surface area (Å²) in [6.07, 6.45) is -3.25. The molecule has 0 aromatic heterocycles. The van der Waals surface area contributed by atoms with Crippen molar-refractivity contribution in [3.05, 3.63) is 0 Å². The predicted octanol–water partition coefficient (Wildman–Crippen LogP) is 2.74. The van der Waals surface area contributed by atoms with Crippen molar-refractivity contribution in [3.63, 3.8) is 0 Å². The van der Waals surface area contributed by atoms with Crippen LogP contribution >= 0.6 is 0 Å². The minimum Gasteiger partial charge on any atom is -0.169 e. The fourth-order valence-corrected chi connectivity index (χ4v) is 0.862. The van der Waals surface area contributed by atoms with Gasteiger partial charge in [0, 0.05) is 6.42 Å². The number of halogens is 3. The highest BCUT2D eigenvalue weighted by Gasteiger charge is 2.62. The standard InChI is InChI=1S/C8H9F3/c1-2-3-4-7(5-6-7)8(9,10)11/h2,5-6H2,1H3. The van der Waals surface area contributed by atoms with E-state index in [2.05, 4.69) is 11.8 Å². The van der Waals surface area contributed by atoms with Gasteiger partial charge in [-0.2, -0.15) is 13.2 Å². The van der Waals surface area contributed by atoms with Crippen LogP contribution in [0, 0.1) is 17.3 Å². The first-order valence-electron chi connectivity index (χ1n) is 3.58. The second-order valence-corrected chi connectivity index (χ2v) is 2.74. The molecule has 11 heavy (non-hydrogen) atoms. The molecule has 0 N–H and O–H groups in total. The smallest absolute Gasteiger partial charge is 0.169 e. The van der Waals surface area contributed by atoms with Crippen molar-refractivity contribution < 1.29 is 13.2 Å². The first-order chi connectivity index (χ1) is 5.02. The van der Waals surface area contributed by atoms with Crippen molar-refractivity contribution >= 4 is 0 Å². The normalized spacial score (nSPS) is 20.4. The third-order valence-electron chi connectivity index (χ3n) is 1.80. The first-order valence-corrected chi connectivity index (χ1v) is 3.58. The van der Waals surface area contributed by atoms with Crippen LogP contribution in [0.25, 0.3) is 0 Å². The van der Waals surface area contributed by atoms with E-state index in [1.807, 2.05) is 0 Å². The Kier molecular flexibility index (Phi) is 1.87. The van der Waals surface area contributed by atoms with E-state index in [9.17, 15) is 13.2 Å². The Labute approximate surface area is 63.8 Å². The molecule has 0 aliphatic heterocycles. The van der Waals surface area contributed by atoms with Crippen molar-refractivity contribution in [1.82, 2.24) is 0 Å². The Morgan fingerprint density at radius 1 is 1.36 bits per heavy atom. The van der Waals surface area contributed by atoms with Crippen LogP contribution in [0.5, 0.6) is 0 Å². The van der Waals surface area contributed by atoms with Crippen LogP contribution in [-0.4, -0.2) is 6.18 Å². The van der Waals surface area contributed by atoms with Gasteiger partial charge in [0.2, 0.25) is 0 Å². The highest BCUT2D eigenvalue weighted by Crippen LogP contribution is 2.57. The van der Waals surface area contributed by atoms with E-state index in [-0.39, 0.29) is 12.8 Å². The van der Waals surface area contributed by atoms with E-state index >= 15 is 0 Å². The van der Waals surface area contributed by atoms with Gasteiger partial charge in [-0.15, -0.1) is 5.92 Å². The van der Waals surface area contributed by atoms with Crippen molar-refractivity contribution in [3.8, 4) is 11.8 Å². The molecule has 0 amide bonds. The Bertz CT molecular complexity index is 200. The summed E-state index contributed by atoms with van der Waals surface area (Å²) in [7, 11) is 0. The molecule has 1 fully saturated rings. The highest BCUT2D eigenvalue weighted by atomic mass is 19.4. The summed E-state index contributed by atoms with van der Waals surface area (Å²) in [4.78, 5) is 0. The van der Waals surface area contributed by atoms with E-state index in [1.165, 1.54) is 0 Å². The summed E-state index contributed by atoms with van der Waals surface area (Å²) >= 11 is 0. The monoisotopic (exact) mass is 162 g/mol. The summed E-state index contributed by atoms with van der Waals surface area (Å²) in [6, 6.07) is 0. The lowest BCUT2D eigenvalue weighted by atomic mass is 10.1. The van der Waals surface area contributed by atoms with Gasteiger partial charge in [0.1, 0.15) is 5.41 Å². The molecule has 1 aliphatic carbocycles. The lowest BCUT2D eigenvalue weighted by Crippen LogP contribution is -2.22. The van der Waals surface area contributed by atoms with Crippen molar-refractivity contribution in [2.24, 2.45) is 5.41 Å². The molecule has 0 unspecified atom stereocenters. The SMILES string of the molecule is CCC#CC1(C(F)(F)F)CC1. The maximum atomic E-state index is 12.1. The Morgan fingerprint density at radius 3 is 2.18 bits per heavy atom. The molecule has 1 saturated carbocycles. The lowest BCUT2D eigenvalue weighted by Gasteiger charge is -2.11. The summed E-state index contributed by atoms with van der Waals surface area (Å²) in [5.41, 5.74) is -1.62. The van der Waals surface area contributed by atoms with Gasteiger partial charge in [0.15, 0.2) is 0 Å². The molecule has 1 aliphatic rings. The molecule has 0 saturated heterocycles. The van der Waals surface area contributed by atoms with Crippen LogP contribution < -0.4 is 0 Å². The molecule has 3 heteroatoms. The lowest BCUT2D eigenvalue weighted by molar-refractivity contribution is -0.168. The molecule has 0 bridgehead atoms. The van der Waals surface area contributed by atoms with Crippen molar-refractivity contribution in [2.45, 2.75) is 32.4 Å². The largest absolute Gasteiger partial charge is 0.405 e. The maximum absolute atomic E-state index is 12.1. The van der Waals surface area contributed by atoms with Crippen LogP contribution in [0.3, 0.4) is 0 Å². The Morgan fingerprint density at radius 2 is 1.91 bits per heavy atom. The average molecular weight is 162 g/mol. The third kappa shape index (κ3) is 1.50. The van der Waals surface area contributed by atoms with Crippen molar-refractivity contribution in [1.29, 1.82) is 0 Å². The molecule has 0 aromatic rings. The van der Waals surface area contributed by atoms with Gasteiger partial charge in [-0.05, 0) is 12.8 Å². The summed E-state index contributed by atoms with van der Waals surface area (Å²) < 4.78 is 36.4. The molecular weight excluding hydrogens is 153 g/mol. The van der Waals surface area contributed by atoms with Gasteiger partial charge in [-0.3, -0.25) is 0 Å². The third-order valence-corrected chi connectivity index (χ3v) is 1.80. The van der Waals surface area contributed by atoms with Gasteiger partial charge in [0.25, 0.3) is 0 Å². The Hall–Kier alpha value is -0.650. The van der Waals surface area contributed by atoms with Gasteiger partial charge in [-0.1, -0.05) is 12.8 Å². The van der Waals surface area contributed by atoms with Crippen LogP contribution in [0.2, 0.25) is 0 Å². The second-order valence-electron chi connectivity index (χ2n) is 2.74. The van der Waals surface area contributed by atoms with E-state index in [4.69, 9.17) is 0 Å². The number of alkyl halides is 3. The number of rotatable bonds is 0. The zero-order chi connectivity index (χ0) is 8.54. The minimum absolute atomic E-state index is 0.184. The van der Waals surface area contributed by atoms with Gasteiger partial charge < -0.3 is 0 Å². The zero-order valence-electron chi connectivity index (χ0n) is 6.26. The Balaban J connectivity index is 2.69. The average Bonchev–Trinajstić information content (AvgIpc) is 2.61. The van der Waals surface area contributed by atoms with E-state index < -0.39 is 11.6 Å². The topological polar surface area (TPSA) is 0 Å². The molecule has 0 nitrogen and oxygen atoms in total. The fraction of sp³-hybridized carbons (Fsp3) is 0.750. The molecule has 0 heterocycles. The fourth-order valence-electron chi connectivity index (χ4n) is 0.862. The summed E-state index contributed by atoms with van der Waals surface area (Å²) in [5.74, 6) is 4.77. The molecule has 62 valence electrons. The van der Waals surface area contributed by atoms with E-state index in [0.717, 1.165) is 0 Å². The second kappa shape index (κ2) is 2.44. The van der Waals surface area contributed by atoms with Crippen LogP contribution in [0.1, 0.15) is 26.2 Å². The molecule has 0 atom stereocenters. The first kappa shape index (κ1) is 8.45. The minimum atomic E-state index is -4.12. The maximum Gasteiger partial charge on any atom is 0.405 e. The molecule has 0 aromatic carbocycles. The summed E-state index contributed by atoms with van der Waals surface area (Å²) in [5, 5.41) is 0. The highest BCUT2D eigenvalue weighted by molar-refractivity contribution is 5.22. The molecule has 1 rings (SSSR count). The molecule has 0 spiro atoms. The van der Waals surface area contributed by atoms with Gasteiger partial charge in [-0.25, -0.2) is 0 Å². The van der Waals surface area contributed by atoms with Gasteiger partial charge >= 0.3 is 6.18 Å². The molecule has 0 radical (unpaired) electrons. The predicted molar refractivity (Wildman–Crippen MR) is 35.8 cm³/mol. The van der Waals surface area contributed by atoms with Crippen LogP contribution in [0.15, 0.2) is 0 Å². The van der Waals surface area contributed by atoms with Gasteiger partial charge in [0.05, 0.1) is 0 Å². The summed E-state index contributed by atoms with van der Waals surface area (Å²) in [6.45, 7) is 1.75. The van der Waals surface area contributed by atoms with E-state index in [0.29, 0.717) is 6.42 Å². The zero-order valence-corrected chi connectivity index (χ0v) is 6.26. The van der Waals surface area contributed by atoms with Crippen LogP contribution in [0.4, 0.5) is 13.2 Å². The number of hydrogen-bond donors (Lipinski definition) is 0. The molecular formula is C8H9F3. The van der Waals surface area contributed by atoms with E-state index in [1.54, 1.807) is 6.92 Å². The quantitative estimate of drug-likeness (QED) is 0.480. The van der Waals surface area contributed by atoms with Crippen LogP contribution in [-0.2, 0) is 0 Å². The number of hydrogen-bond acceptors (Lipinski definition) is 0. The van der Waals surface area contributed by atoms with Crippen molar-refractivity contribution in [2.75, 3.05) is 0 Å².